The largest absolute Gasteiger partial charge is 0.405 e. The molecule has 0 saturated heterocycles. The summed E-state index contributed by atoms with van der Waals surface area (Å²) in [6, 6.07) is 5.42. The molecule has 2 amide bonds. The molecule has 2 N–H and O–H groups in total. The smallest absolute Gasteiger partial charge is 0.332 e. The van der Waals surface area contributed by atoms with Gasteiger partial charge >= 0.3 is 12.2 Å². The highest BCUT2D eigenvalue weighted by atomic mass is 35.5. The minimum Gasteiger partial charge on any atom is -0.332 e. The molecule has 0 aliphatic heterocycles. The number of carbonyl (C=O) groups excluding carboxylic acids is 1. The third kappa shape index (κ3) is 5.27. The van der Waals surface area contributed by atoms with Gasteiger partial charge in [-0.3, -0.25) is 0 Å². The van der Waals surface area contributed by atoms with Crippen molar-refractivity contribution in [1.29, 1.82) is 0 Å². The Hall–Kier alpha value is -1.43. The van der Waals surface area contributed by atoms with E-state index < -0.39 is 24.8 Å². The second-order valence-electron chi connectivity index (χ2n) is 3.72. The summed E-state index contributed by atoms with van der Waals surface area (Å²) in [6.45, 7) is 0.292. The van der Waals surface area contributed by atoms with Crippen molar-refractivity contribution in [2.75, 3.05) is 6.54 Å². The molecule has 0 aliphatic carbocycles. The van der Waals surface area contributed by atoms with Crippen molar-refractivity contribution in [1.82, 2.24) is 10.6 Å². The Morgan fingerprint density at radius 1 is 1.44 bits per heavy atom. The molecule has 0 aromatic heterocycles. The molecule has 1 aromatic rings. The van der Waals surface area contributed by atoms with Gasteiger partial charge in [-0.05, 0) is 24.6 Å². The fourth-order valence-corrected chi connectivity index (χ4v) is 1.49. The molecule has 1 unspecified atom stereocenters. The van der Waals surface area contributed by atoms with E-state index in [9.17, 15) is 18.0 Å². The first-order valence-corrected chi connectivity index (χ1v) is 5.52. The highest BCUT2D eigenvalue weighted by Gasteiger charge is 2.27. The standard InChI is InChI=1S/C11H12ClF3N2O/c1-7(8-3-2-4-9(12)5-8)17-10(18)16-6-11(13,14)15/h2-5,7H,6H2,1H3,(H2,16,17,18). The normalized spacial score (nSPS) is 12.9. The SMILES string of the molecule is CC(NC(=O)NCC(F)(F)F)c1cccc(Cl)c1. The number of benzene rings is 1. The van der Waals surface area contributed by atoms with Gasteiger partial charge in [-0.1, -0.05) is 23.7 Å². The van der Waals surface area contributed by atoms with Crippen LogP contribution in [-0.4, -0.2) is 18.8 Å². The molecule has 100 valence electrons. The summed E-state index contributed by atoms with van der Waals surface area (Å²) in [4.78, 5) is 11.2. The number of amides is 2. The van der Waals surface area contributed by atoms with Crippen LogP contribution in [0.5, 0.6) is 0 Å². The molecule has 0 spiro atoms. The van der Waals surface area contributed by atoms with Crippen molar-refractivity contribution in [3.05, 3.63) is 34.9 Å². The number of alkyl halides is 3. The average Bonchev–Trinajstić information content (AvgIpc) is 2.25. The van der Waals surface area contributed by atoms with E-state index in [-0.39, 0.29) is 0 Å². The molecule has 1 aromatic carbocycles. The lowest BCUT2D eigenvalue weighted by Gasteiger charge is -2.16. The number of rotatable bonds is 3. The van der Waals surface area contributed by atoms with Crippen molar-refractivity contribution in [2.45, 2.75) is 19.1 Å². The highest BCUT2D eigenvalue weighted by molar-refractivity contribution is 6.30. The van der Waals surface area contributed by atoms with Crippen molar-refractivity contribution in [2.24, 2.45) is 0 Å². The summed E-state index contributed by atoms with van der Waals surface area (Å²) >= 11 is 5.77. The van der Waals surface area contributed by atoms with Crippen LogP contribution in [0.25, 0.3) is 0 Å². The zero-order valence-electron chi connectivity index (χ0n) is 9.51. The zero-order chi connectivity index (χ0) is 13.8. The van der Waals surface area contributed by atoms with E-state index in [1.807, 2.05) is 0 Å². The van der Waals surface area contributed by atoms with Gasteiger partial charge in [0.05, 0.1) is 6.04 Å². The minimum atomic E-state index is -4.42. The van der Waals surface area contributed by atoms with Crippen molar-refractivity contribution < 1.29 is 18.0 Å². The predicted molar refractivity (Wildman–Crippen MR) is 62.5 cm³/mol. The minimum absolute atomic E-state index is 0.433. The summed E-state index contributed by atoms with van der Waals surface area (Å²) in [7, 11) is 0. The maximum absolute atomic E-state index is 11.9. The molecular weight excluding hydrogens is 269 g/mol. The fourth-order valence-electron chi connectivity index (χ4n) is 1.29. The third-order valence-electron chi connectivity index (χ3n) is 2.15. The number of nitrogens with one attached hydrogen (secondary N) is 2. The van der Waals surface area contributed by atoms with E-state index in [0.717, 1.165) is 0 Å². The van der Waals surface area contributed by atoms with E-state index >= 15 is 0 Å². The summed E-state index contributed by atoms with van der Waals surface area (Å²) in [5, 5.41) is 4.61. The number of carbonyl (C=O) groups is 1. The first-order chi connectivity index (χ1) is 8.28. The lowest BCUT2D eigenvalue weighted by Crippen LogP contribution is -2.41. The van der Waals surface area contributed by atoms with Gasteiger partial charge in [0.1, 0.15) is 6.54 Å². The van der Waals surface area contributed by atoms with Gasteiger partial charge < -0.3 is 10.6 Å². The second-order valence-corrected chi connectivity index (χ2v) is 4.16. The van der Waals surface area contributed by atoms with Crippen LogP contribution in [0.1, 0.15) is 18.5 Å². The maximum Gasteiger partial charge on any atom is 0.405 e. The molecule has 7 heteroatoms. The van der Waals surface area contributed by atoms with Crippen molar-refractivity contribution >= 4 is 17.6 Å². The van der Waals surface area contributed by atoms with E-state index in [1.54, 1.807) is 36.5 Å². The molecule has 0 fully saturated rings. The maximum atomic E-state index is 11.9. The van der Waals surface area contributed by atoms with Gasteiger partial charge in [0.2, 0.25) is 0 Å². The number of urea groups is 1. The van der Waals surface area contributed by atoms with E-state index in [0.29, 0.717) is 10.6 Å². The Labute approximate surface area is 107 Å². The number of halogens is 4. The van der Waals surface area contributed by atoms with Crippen LogP contribution in [-0.2, 0) is 0 Å². The van der Waals surface area contributed by atoms with Gasteiger partial charge in [-0.25, -0.2) is 4.79 Å². The molecule has 0 saturated carbocycles. The molecule has 0 aliphatic rings. The first kappa shape index (κ1) is 14.6. The fraction of sp³-hybridized carbons (Fsp3) is 0.364. The van der Waals surface area contributed by atoms with E-state index in [1.165, 1.54) is 0 Å². The molecule has 0 bridgehead atoms. The molecule has 18 heavy (non-hydrogen) atoms. The Balaban J connectivity index is 2.50. The highest BCUT2D eigenvalue weighted by Crippen LogP contribution is 2.17. The van der Waals surface area contributed by atoms with Crippen LogP contribution in [0.2, 0.25) is 5.02 Å². The molecular formula is C11H12ClF3N2O. The molecule has 0 radical (unpaired) electrons. The van der Waals surface area contributed by atoms with E-state index in [2.05, 4.69) is 5.32 Å². The van der Waals surface area contributed by atoms with Gasteiger partial charge in [0.15, 0.2) is 0 Å². The zero-order valence-corrected chi connectivity index (χ0v) is 10.3. The van der Waals surface area contributed by atoms with Crippen LogP contribution >= 0.6 is 11.6 Å². The van der Waals surface area contributed by atoms with Crippen LogP contribution in [0.3, 0.4) is 0 Å². The summed E-state index contributed by atoms with van der Waals surface area (Å²) in [5.41, 5.74) is 0.713. The van der Waals surface area contributed by atoms with Crippen LogP contribution in [0, 0.1) is 0 Å². The Kier molecular flexibility index (Phi) is 4.84. The van der Waals surface area contributed by atoms with Crippen LogP contribution in [0.4, 0.5) is 18.0 Å². The Morgan fingerprint density at radius 2 is 2.11 bits per heavy atom. The number of hydrogen-bond acceptors (Lipinski definition) is 1. The van der Waals surface area contributed by atoms with Crippen molar-refractivity contribution in [3.8, 4) is 0 Å². The molecule has 3 nitrogen and oxygen atoms in total. The molecule has 1 rings (SSSR count). The monoisotopic (exact) mass is 280 g/mol. The predicted octanol–water partition coefficient (Wildman–Crippen LogP) is 3.26. The summed E-state index contributed by atoms with van der Waals surface area (Å²) < 4.78 is 35.6. The summed E-state index contributed by atoms with van der Waals surface area (Å²) in [5.74, 6) is 0. The van der Waals surface area contributed by atoms with E-state index in [4.69, 9.17) is 11.6 Å². The van der Waals surface area contributed by atoms with Crippen LogP contribution < -0.4 is 10.6 Å². The van der Waals surface area contributed by atoms with Gasteiger partial charge in [0, 0.05) is 5.02 Å². The van der Waals surface area contributed by atoms with Gasteiger partial charge in [0.25, 0.3) is 0 Å². The Morgan fingerprint density at radius 3 is 2.67 bits per heavy atom. The lowest BCUT2D eigenvalue weighted by atomic mass is 10.1. The average molecular weight is 281 g/mol. The topological polar surface area (TPSA) is 41.1 Å². The second kappa shape index (κ2) is 5.95. The first-order valence-electron chi connectivity index (χ1n) is 5.14. The molecule has 0 heterocycles. The third-order valence-corrected chi connectivity index (χ3v) is 2.38. The lowest BCUT2D eigenvalue weighted by molar-refractivity contribution is -0.122. The van der Waals surface area contributed by atoms with Crippen LogP contribution in [0.15, 0.2) is 24.3 Å². The van der Waals surface area contributed by atoms with Crippen molar-refractivity contribution in [3.63, 3.8) is 0 Å². The molecule has 1 atom stereocenters. The summed E-state index contributed by atoms with van der Waals surface area (Å²) in [6.07, 6.45) is -4.42. The number of hydrogen-bond donors (Lipinski definition) is 2. The van der Waals surface area contributed by atoms with Gasteiger partial charge in [-0.2, -0.15) is 13.2 Å². The van der Waals surface area contributed by atoms with Gasteiger partial charge in [-0.15, -0.1) is 0 Å². The quantitative estimate of drug-likeness (QED) is 0.877. The Bertz CT molecular complexity index is 423.